The molecule has 0 bridgehead atoms. The number of fused-ring (bicyclic) bond motifs is 1. The monoisotopic (exact) mass is 498 g/mol. The van der Waals surface area contributed by atoms with Crippen molar-refractivity contribution >= 4 is 51.2 Å². The minimum Gasteiger partial charge on any atom is -0.492 e. The van der Waals surface area contributed by atoms with Gasteiger partial charge in [0.05, 0.1) is 17.6 Å². The predicted molar refractivity (Wildman–Crippen MR) is 123 cm³/mol. The minimum atomic E-state index is -0.471. The van der Waals surface area contributed by atoms with Crippen LogP contribution in [0.5, 0.6) is 5.75 Å². The summed E-state index contributed by atoms with van der Waals surface area (Å²) in [6, 6.07) is 23.0. The maximum absolute atomic E-state index is 11.5. The number of nitrogens with zero attached hydrogens (tertiary/aromatic N) is 2. The molecule has 1 amide bonds. The van der Waals surface area contributed by atoms with Crippen LogP contribution in [0.2, 0.25) is 0 Å². The zero-order valence-electron chi connectivity index (χ0n) is 15.5. The van der Waals surface area contributed by atoms with Crippen molar-refractivity contribution in [1.82, 2.24) is 9.55 Å². The average molecular weight is 498 g/mol. The van der Waals surface area contributed by atoms with Crippen molar-refractivity contribution in [2.24, 2.45) is 5.73 Å². The van der Waals surface area contributed by atoms with E-state index in [4.69, 9.17) is 10.5 Å². The van der Waals surface area contributed by atoms with E-state index in [2.05, 4.69) is 32.9 Å². The highest BCUT2D eigenvalue weighted by Crippen LogP contribution is 2.24. The number of para-hydroxylation sites is 1. The molecule has 0 saturated heterocycles. The van der Waals surface area contributed by atoms with Crippen molar-refractivity contribution in [2.45, 2.75) is 6.54 Å². The van der Waals surface area contributed by atoms with Crippen molar-refractivity contribution < 1.29 is 9.53 Å². The van der Waals surface area contributed by atoms with Crippen LogP contribution < -0.4 is 15.8 Å². The lowest BCUT2D eigenvalue weighted by atomic mass is 10.2. The molecular weight excluding hydrogens is 479 g/mol. The molecule has 1 heterocycles. The van der Waals surface area contributed by atoms with E-state index in [1.165, 1.54) is 0 Å². The molecule has 1 aromatic heterocycles. The number of hydrogen-bond acceptors (Lipinski definition) is 4. The van der Waals surface area contributed by atoms with E-state index in [0.717, 1.165) is 20.5 Å². The van der Waals surface area contributed by atoms with Crippen LogP contribution in [0, 0.1) is 3.57 Å². The zero-order valence-corrected chi connectivity index (χ0v) is 17.7. The molecule has 0 radical (unpaired) electrons. The van der Waals surface area contributed by atoms with Gasteiger partial charge in [0, 0.05) is 14.8 Å². The molecule has 29 heavy (non-hydrogen) atoms. The molecule has 0 aliphatic heterocycles. The van der Waals surface area contributed by atoms with Crippen molar-refractivity contribution in [3.8, 4) is 5.75 Å². The summed E-state index contributed by atoms with van der Waals surface area (Å²) >= 11 is 2.27. The van der Waals surface area contributed by atoms with E-state index in [1.807, 2.05) is 65.2 Å². The van der Waals surface area contributed by atoms with E-state index in [0.29, 0.717) is 30.2 Å². The number of carbonyl (C=O) groups is 1. The molecule has 0 fully saturated rings. The van der Waals surface area contributed by atoms with Gasteiger partial charge < -0.3 is 20.4 Å². The van der Waals surface area contributed by atoms with Crippen molar-refractivity contribution in [2.75, 3.05) is 11.9 Å². The van der Waals surface area contributed by atoms with Gasteiger partial charge in [-0.05, 0) is 77.2 Å². The van der Waals surface area contributed by atoms with E-state index in [1.54, 1.807) is 12.1 Å². The third kappa shape index (κ3) is 4.51. The van der Waals surface area contributed by atoms with Gasteiger partial charge in [0.1, 0.15) is 12.4 Å². The standard InChI is InChI=1S/C22H19IN4O2/c23-16-7-9-17(10-8-16)25-22-26-19-14-15(21(24)28)6-11-20(19)27(22)12-13-29-18-4-2-1-3-5-18/h1-11,14H,12-13H2,(H2,24,28)(H,25,26). The molecule has 0 aliphatic carbocycles. The number of carbonyl (C=O) groups excluding carboxylic acids is 1. The summed E-state index contributed by atoms with van der Waals surface area (Å²) in [5.74, 6) is 1.03. The second-order valence-corrected chi connectivity index (χ2v) is 7.69. The van der Waals surface area contributed by atoms with Gasteiger partial charge in [-0.1, -0.05) is 18.2 Å². The number of hydrogen-bond donors (Lipinski definition) is 2. The summed E-state index contributed by atoms with van der Waals surface area (Å²) in [6.07, 6.45) is 0. The lowest BCUT2D eigenvalue weighted by Gasteiger charge is -2.12. The Kier molecular flexibility index (Phi) is 5.66. The first-order chi connectivity index (χ1) is 14.1. The minimum absolute atomic E-state index is 0.434. The lowest BCUT2D eigenvalue weighted by molar-refractivity contribution is 0.100. The maximum Gasteiger partial charge on any atom is 0.248 e. The molecule has 0 saturated carbocycles. The number of benzene rings is 3. The number of nitrogens with one attached hydrogen (secondary N) is 1. The number of nitrogens with two attached hydrogens (primary N) is 1. The molecule has 3 aromatic carbocycles. The van der Waals surface area contributed by atoms with Crippen LogP contribution in [0.25, 0.3) is 11.0 Å². The third-order valence-corrected chi connectivity index (χ3v) is 5.18. The van der Waals surface area contributed by atoms with E-state index in [9.17, 15) is 4.79 Å². The van der Waals surface area contributed by atoms with Crippen LogP contribution in [0.15, 0.2) is 72.8 Å². The number of rotatable bonds is 7. The van der Waals surface area contributed by atoms with Gasteiger partial charge in [0.15, 0.2) is 0 Å². The molecule has 6 nitrogen and oxygen atoms in total. The highest BCUT2D eigenvalue weighted by molar-refractivity contribution is 14.1. The molecule has 0 atom stereocenters. The number of imidazole rings is 1. The maximum atomic E-state index is 11.5. The van der Waals surface area contributed by atoms with Crippen LogP contribution in [0.3, 0.4) is 0 Å². The smallest absolute Gasteiger partial charge is 0.248 e. The Labute approximate surface area is 181 Å². The summed E-state index contributed by atoms with van der Waals surface area (Å²) in [5, 5.41) is 3.36. The fraction of sp³-hybridized carbons (Fsp3) is 0.0909. The fourth-order valence-corrected chi connectivity index (χ4v) is 3.40. The van der Waals surface area contributed by atoms with Crippen molar-refractivity contribution in [1.29, 1.82) is 0 Å². The number of amides is 1. The lowest BCUT2D eigenvalue weighted by Crippen LogP contribution is -2.11. The van der Waals surface area contributed by atoms with Crippen LogP contribution in [-0.4, -0.2) is 22.1 Å². The molecule has 4 aromatic rings. The van der Waals surface area contributed by atoms with Gasteiger partial charge in [0.2, 0.25) is 11.9 Å². The van der Waals surface area contributed by atoms with Gasteiger partial charge in [-0.15, -0.1) is 0 Å². The summed E-state index contributed by atoms with van der Waals surface area (Å²) in [7, 11) is 0. The van der Waals surface area contributed by atoms with E-state index < -0.39 is 5.91 Å². The summed E-state index contributed by atoms with van der Waals surface area (Å²) in [5.41, 5.74) is 8.39. The number of halogens is 1. The zero-order chi connectivity index (χ0) is 20.2. The molecule has 7 heteroatoms. The predicted octanol–water partition coefficient (Wildman–Crippen LogP) is 4.56. The van der Waals surface area contributed by atoms with Crippen LogP contribution in [-0.2, 0) is 6.54 Å². The Bertz CT molecular complexity index is 1140. The Balaban J connectivity index is 1.64. The second-order valence-electron chi connectivity index (χ2n) is 6.45. The summed E-state index contributed by atoms with van der Waals surface area (Å²) < 4.78 is 9.06. The third-order valence-electron chi connectivity index (χ3n) is 4.46. The van der Waals surface area contributed by atoms with Crippen molar-refractivity contribution in [3.05, 3.63) is 81.9 Å². The Morgan fingerprint density at radius 3 is 2.55 bits per heavy atom. The highest BCUT2D eigenvalue weighted by atomic mass is 127. The first-order valence-electron chi connectivity index (χ1n) is 9.11. The fourth-order valence-electron chi connectivity index (χ4n) is 3.04. The Morgan fingerprint density at radius 2 is 1.83 bits per heavy atom. The van der Waals surface area contributed by atoms with Gasteiger partial charge >= 0.3 is 0 Å². The first kappa shape index (κ1) is 19.3. The van der Waals surface area contributed by atoms with Crippen LogP contribution in [0.1, 0.15) is 10.4 Å². The SMILES string of the molecule is NC(=O)c1ccc2c(c1)nc(Nc1ccc(I)cc1)n2CCOc1ccccc1. The van der Waals surface area contributed by atoms with Gasteiger partial charge in [-0.3, -0.25) is 4.79 Å². The molecule has 4 rings (SSSR count). The van der Waals surface area contributed by atoms with Crippen LogP contribution >= 0.6 is 22.6 Å². The number of anilines is 2. The largest absolute Gasteiger partial charge is 0.492 e. The summed E-state index contributed by atoms with van der Waals surface area (Å²) in [4.78, 5) is 16.2. The first-order valence-corrected chi connectivity index (χ1v) is 10.2. The van der Waals surface area contributed by atoms with Gasteiger partial charge in [-0.25, -0.2) is 4.98 Å². The topological polar surface area (TPSA) is 82.2 Å². The summed E-state index contributed by atoms with van der Waals surface area (Å²) in [6.45, 7) is 1.07. The number of ether oxygens (including phenoxy) is 1. The van der Waals surface area contributed by atoms with Gasteiger partial charge in [0.25, 0.3) is 0 Å². The number of aromatic nitrogens is 2. The van der Waals surface area contributed by atoms with Crippen LogP contribution in [0.4, 0.5) is 11.6 Å². The van der Waals surface area contributed by atoms with E-state index in [-0.39, 0.29) is 0 Å². The normalized spacial score (nSPS) is 10.8. The Hall–Kier alpha value is -3.07. The second kappa shape index (κ2) is 8.52. The Morgan fingerprint density at radius 1 is 1.07 bits per heavy atom. The quantitative estimate of drug-likeness (QED) is 0.366. The molecule has 0 spiro atoms. The van der Waals surface area contributed by atoms with Crippen molar-refractivity contribution in [3.63, 3.8) is 0 Å². The average Bonchev–Trinajstić information content (AvgIpc) is 3.07. The molecular formula is C22H19IN4O2. The highest BCUT2D eigenvalue weighted by Gasteiger charge is 2.13. The van der Waals surface area contributed by atoms with E-state index >= 15 is 0 Å². The molecule has 0 unspecified atom stereocenters. The van der Waals surface area contributed by atoms with Gasteiger partial charge in [-0.2, -0.15) is 0 Å². The number of primary amides is 1. The molecule has 146 valence electrons. The molecule has 0 aliphatic rings. The molecule has 3 N–H and O–H groups in total.